The van der Waals surface area contributed by atoms with Crippen LogP contribution in [-0.2, 0) is 11.2 Å². The largest absolute Gasteiger partial charge is 0.494 e. The number of hydrogen-bond acceptors (Lipinski definition) is 3. The normalized spacial score (nSPS) is 15.5. The van der Waals surface area contributed by atoms with Crippen LogP contribution in [0.2, 0.25) is 0 Å². The van der Waals surface area contributed by atoms with Gasteiger partial charge in [-0.3, -0.25) is 4.79 Å². The molecule has 1 aliphatic heterocycles. The van der Waals surface area contributed by atoms with Gasteiger partial charge in [0.2, 0.25) is 0 Å². The highest BCUT2D eigenvalue weighted by atomic mass is 19.1. The van der Waals surface area contributed by atoms with Gasteiger partial charge in [-0.15, -0.1) is 0 Å². The van der Waals surface area contributed by atoms with E-state index in [1.54, 1.807) is 12.1 Å². The van der Waals surface area contributed by atoms with Crippen LogP contribution in [0.1, 0.15) is 18.4 Å². The Bertz CT molecular complexity index is 662. The molecule has 1 unspecified atom stereocenters. The average Bonchev–Trinajstić information content (AvgIpc) is 3.03. The molecule has 1 amide bonds. The van der Waals surface area contributed by atoms with E-state index in [0.717, 1.165) is 24.2 Å². The minimum atomic E-state index is -0.433. The second kappa shape index (κ2) is 7.81. The van der Waals surface area contributed by atoms with Gasteiger partial charge in [0, 0.05) is 13.0 Å². The Hall–Kier alpha value is -2.56. The first kappa shape index (κ1) is 16.3. The van der Waals surface area contributed by atoms with Crippen LogP contribution >= 0.6 is 0 Å². The smallest absolute Gasteiger partial charge is 0.261 e. The maximum Gasteiger partial charge on any atom is 0.261 e. The SMILES string of the molecule is O=C(NCCCCOc1ccc(F)cc1)C1Cc2ccccc2O1. The number of amides is 1. The van der Waals surface area contributed by atoms with Gasteiger partial charge in [0.1, 0.15) is 17.3 Å². The molecule has 0 saturated heterocycles. The first-order valence-electron chi connectivity index (χ1n) is 8.13. The number of carbonyl (C=O) groups is 1. The lowest BCUT2D eigenvalue weighted by Crippen LogP contribution is -2.37. The van der Waals surface area contributed by atoms with Crippen molar-refractivity contribution < 1.29 is 18.7 Å². The lowest BCUT2D eigenvalue weighted by atomic mass is 10.1. The zero-order valence-corrected chi connectivity index (χ0v) is 13.3. The number of para-hydroxylation sites is 1. The van der Waals surface area contributed by atoms with Gasteiger partial charge in [-0.05, 0) is 48.7 Å². The van der Waals surface area contributed by atoms with Crippen LogP contribution in [0.25, 0.3) is 0 Å². The molecule has 0 saturated carbocycles. The van der Waals surface area contributed by atoms with Gasteiger partial charge in [0.15, 0.2) is 6.10 Å². The third-order valence-corrected chi connectivity index (χ3v) is 3.89. The summed E-state index contributed by atoms with van der Waals surface area (Å²) in [6, 6.07) is 13.7. The average molecular weight is 329 g/mol. The predicted octanol–water partition coefficient (Wildman–Crippen LogP) is 3.10. The van der Waals surface area contributed by atoms with E-state index in [9.17, 15) is 9.18 Å². The van der Waals surface area contributed by atoms with E-state index in [2.05, 4.69) is 5.32 Å². The van der Waals surface area contributed by atoms with E-state index in [-0.39, 0.29) is 11.7 Å². The van der Waals surface area contributed by atoms with Crippen molar-refractivity contribution in [2.75, 3.05) is 13.2 Å². The number of fused-ring (bicyclic) bond motifs is 1. The first-order chi connectivity index (χ1) is 11.7. The minimum Gasteiger partial charge on any atom is -0.494 e. The number of nitrogens with one attached hydrogen (secondary N) is 1. The molecule has 0 spiro atoms. The number of carbonyl (C=O) groups excluding carboxylic acids is 1. The Balaban J connectivity index is 1.30. The van der Waals surface area contributed by atoms with E-state index in [1.807, 2.05) is 24.3 Å². The molecule has 0 aliphatic carbocycles. The summed E-state index contributed by atoms with van der Waals surface area (Å²) in [6.07, 6.45) is 1.81. The second-order valence-corrected chi connectivity index (χ2v) is 5.72. The van der Waals surface area contributed by atoms with E-state index >= 15 is 0 Å². The fourth-order valence-corrected chi connectivity index (χ4v) is 2.60. The summed E-state index contributed by atoms with van der Waals surface area (Å²) < 4.78 is 23.9. The van der Waals surface area contributed by atoms with Crippen molar-refractivity contribution in [2.45, 2.75) is 25.4 Å². The molecule has 24 heavy (non-hydrogen) atoms. The van der Waals surface area contributed by atoms with Crippen molar-refractivity contribution in [3.05, 3.63) is 59.9 Å². The van der Waals surface area contributed by atoms with E-state index < -0.39 is 6.10 Å². The molecule has 2 aromatic carbocycles. The molecular weight excluding hydrogens is 309 g/mol. The molecule has 0 bridgehead atoms. The second-order valence-electron chi connectivity index (χ2n) is 5.72. The van der Waals surface area contributed by atoms with Crippen molar-refractivity contribution in [1.29, 1.82) is 0 Å². The molecule has 1 aliphatic rings. The maximum atomic E-state index is 12.8. The number of benzene rings is 2. The summed E-state index contributed by atoms with van der Waals surface area (Å²) >= 11 is 0. The Morgan fingerprint density at radius 1 is 1.17 bits per heavy atom. The summed E-state index contributed by atoms with van der Waals surface area (Å²) in [6.45, 7) is 1.12. The number of ether oxygens (including phenoxy) is 2. The van der Waals surface area contributed by atoms with Gasteiger partial charge in [-0.2, -0.15) is 0 Å². The molecule has 1 heterocycles. The molecule has 3 rings (SSSR count). The van der Waals surface area contributed by atoms with Crippen LogP contribution in [0.3, 0.4) is 0 Å². The standard InChI is InChI=1S/C19H20FNO3/c20-15-7-9-16(10-8-15)23-12-4-3-11-21-19(22)18-13-14-5-1-2-6-17(14)24-18/h1-2,5-10,18H,3-4,11-13H2,(H,21,22). The van der Waals surface area contributed by atoms with Crippen molar-refractivity contribution in [2.24, 2.45) is 0 Å². The van der Waals surface area contributed by atoms with Crippen LogP contribution in [0.4, 0.5) is 4.39 Å². The van der Waals surface area contributed by atoms with Gasteiger partial charge in [-0.1, -0.05) is 18.2 Å². The minimum absolute atomic E-state index is 0.0781. The van der Waals surface area contributed by atoms with Gasteiger partial charge in [0.05, 0.1) is 6.61 Å². The maximum absolute atomic E-state index is 12.8. The van der Waals surface area contributed by atoms with E-state index in [1.165, 1.54) is 12.1 Å². The van der Waals surface area contributed by atoms with Gasteiger partial charge in [-0.25, -0.2) is 4.39 Å². The topological polar surface area (TPSA) is 47.6 Å². The number of rotatable bonds is 7. The van der Waals surface area contributed by atoms with E-state index in [4.69, 9.17) is 9.47 Å². The predicted molar refractivity (Wildman–Crippen MR) is 88.7 cm³/mol. The third kappa shape index (κ3) is 4.25. The Morgan fingerprint density at radius 2 is 1.96 bits per heavy atom. The molecule has 0 fully saturated rings. The molecule has 5 heteroatoms. The lowest BCUT2D eigenvalue weighted by Gasteiger charge is -2.11. The Kier molecular flexibility index (Phi) is 5.31. The third-order valence-electron chi connectivity index (χ3n) is 3.89. The molecule has 1 atom stereocenters. The van der Waals surface area contributed by atoms with Gasteiger partial charge < -0.3 is 14.8 Å². The summed E-state index contributed by atoms with van der Waals surface area (Å²) in [5.41, 5.74) is 1.07. The van der Waals surface area contributed by atoms with Crippen LogP contribution in [0.5, 0.6) is 11.5 Å². The molecule has 126 valence electrons. The number of hydrogen-bond donors (Lipinski definition) is 1. The molecular formula is C19H20FNO3. The Labute approximate surface area is 140 Å². The molecule has 0 aromatic heterocycles. The lowest BCUT2D eigenvalue weighted by molar-refractivity contribution is -0.127. The summed E-state index contributed by atoms with van der Waals surface area (Å²) in [7, 11) is 0. The number of unbranched alkanes of at least 4 members (excludes halogenated alkanes) is 1. The van der Waals surface area contributed by atoms with Crippen LogP contribution in [-0.4, -0.2) is 25.2 Å². The van der Waals surface area contributed by atoms with Crippen molar-refractivity contribution >= 4 is 5.91 Å². The fourth-order valence-electron chi connectivity index (χ4n) is 2.60. The van der Waals surface area contributed by atoms with E-state index in [0.29, 0.717) is 25.3 Å². The van der Waals surface area contributed by atoms with Gasteiger partial charge in [0.25, 0.3) is 5.91 Å². The summed E-state index contributed by atoms with van der Waals surface area (Å²) in [4.78, 5) is 12.1. The van der Waals surface area contributed by atoms with Crippen molar-refractivity contribution in [3.8, 4) is 11.5 Å². The fraction of sp³-hybridized carbons (Fsp3) is 0.316. The van der Waals surface area contributed by atoms with Crippen LogP contribution in [0, 0.1) is 5.82 Å². The highest BCUT2D eigenvalue weighted by molar-refractivity contribution is 5.82. The first-order valence-corrected chi connectivity index (χ1v) is 8.13. The van der Waals surface area contributed by atoms with Crippen molar-refractivity contribution in [1.82, 2.24) is 5.32 Å². The van der Waals surface area contributed by atoms with Crippen molar-refractivity contribution in [3.63, 3.8) is 0 Å². The summed E-state index contributed by atoms with van der Waals surface area (Å²) in [5, 5.41) is 2.90. The molecule has 4 nitrogen and oxygen atoms in total. The molecule has 0 radical (unpaired) electrons. The molecule has 1 N–H and O–H groups in total. The monoisotopic (exact) mass is 329 g/mol. The van der Waals surface area contributed by atoms with Crippen LogP contribution < -0.4 is 14.8 Å². The zero-order chi connectivity index (χ0) is 16.8. The quantitative estimate of drug-likeness (QED) is 0.794. The molecule has 2 aromatic rings. The van der Waals surface area contributed by atoms with Crippen LogP contribution in [0.15, 0.2) is 48.5 Å². The Morgan fingerprint density at radius 3 is 2.75 bits per heavy atom. The summed E-state index contributed by atoms with van der Waals surface area (Å²) in [5.74, 6) is 1.09. The highest BCUT2D eigenvalue weighted by Gasteiger charge is 2.28. The number of halogens is 1. The zero-order valence-electron chi connectivity index (χ0n) is 13.3. The highest BCUT2D eigenvalue weighted by Crippen LogP contribution is 2.28. The van der Waals surface area contributed by atoms with Gasteiger partial charge >= 0.3 is 0 Å².